The lowest BCUT2D eigenvalue weighted by Gasteiger charge is -2.35. The fraction of sp³-hybridized carbons (Fsp3) is 0.333. The van der Waals surface area contributed by atoms with Crippen LogP contribution < -0.4 is 0 Å². The number of hydrogen-bond donors (Lipinski definition) is 0. The molecule has 2 aromatic carbocycles. The molecule has 0 radical (unpaired) electrons. The Kier molecular flexibility index (Phi) is 4.45. The normalized spacial score (nSPS) is 22.2. The summed E-state index contributed by atoms with van der Waals surface area (Å²) in [6, 6.07) is 15.7. The molecular weight excluding hydrogens is 331 g/mol. The summed E-state index contributed by atoms with van der Waals surface area (Å²) in [5.41, 5.74) is 1.72. The molecule has 1 aliphatic heterocycles. The van der Waals surface area contributed by atoms with E-state index in [1.807, 2.05) is 40.1 Å². The summed E-state index contributed by atoms with van der Waals surface area (Å²) in [6.45, 7) is 2.27. The van der Waals surface area contributed by atoms with Crippen molar-refractivity contribution in [2.75, 3.05) is 26.2 Å². The summed E-state index contributed by atoms with van der Waals surface area (Å²) in [5.74, 6) is 0.125. The van der Waals surface area contributed by atoms with Crippen LogP contribution >= 0.6 is 0 Å². The van der Waals surface area contributed by atoms with E-state index < -0.39 is 0 Å². The second-order valence-electron chi connectivity index (χ2n) is 6.98. The van der Waals surface area contributed by atoms with E-state index in [1.54, 1.807) is 12.1 Å². The average molecular weight is 352 g/mol. The number of nitrogens with zero attached hydrogens (tertiary/aromatic N) is 2. The van der Waals surface area contributed by atoms with Gasteiger partial charge >= 0.3 is 0 Å². The third-order valence-corrected chi connectivity index (χ3v) is 5.31. The van der Waals surface area contributed by atoms with Gasteiger partial charge in [-0.25, -0.2) is 4.39 Å². The topological polar surface area (TPSA) is 40.6 Å². The number of hydrogen-bond acceptors (Lipinski definition) is 2. The third-order valence-electron chi connectivity index (χ3n) is 5.31. The molecule has 0 aromatic heterocycles. The molecule has 1 heterocycles. The van der Waals surface area contributed by atoms with Crippen molar-refractivity contribution in [1.82, 2.24) is 9.80 Å². The predicted molar refractivity (Wildman–Crippen MR) is 96.2 cm³/mol. The molecule has 2 fully saturated rings. The summed E-state index contributed by atoms with van der Waals surface area (Å²) in [4.78, 5) is 28.9. The molecule has 1 aliphatic carbocycles. The summed E-state index contributed by atoms with van der Waals surface area (Å²) >= 11 is 0. The molecule has 2 aliphatic rings. The molecule has 2 unspecified atom stereocenters. The maximum Gasteiger partial charge on any atom is 0.253 e. The molecule has 0 spiro atoms. The molecule has 2 atom stereocenters. The van der Waals surface area contributed by atoms with Gasteiger partial charge in [0, 0.05) is 37.7 Å². The van der Waals surface area contributed by atoms with E-state index in [0.29, 0.717) is 31.7 Å². The molecule has 26 heavy (non-hydrogen) atoms. The minimum atomic E-state index is -0.253. The van der Waals surface area contributed by atoms with Gasteiger partial charge in [0.25, 0.3) is 5.91 Å². The van der Waals surface area contributed by atoms with Gasteiger partial charge in [-0.2, -0.15) is 0 Å². The number of benzene rings is 2. The minimum Gasteiger partial charge on any atom is -0.339 e. The minimum absolute atomic E-state index is 0.00293. The van der Waals surface area contributed by atoms with Crippen LogP contribution in [0.1, 0.15) is 28.3 Å². The van der Waals surface area contributed by atoms with Crippen molar-refractivity contribution < 1.29 is 14.0 Å². The second-order valence-corrected chi connectivity index (χ2v) is 6.98. The molecular formula is C21H21FN2O2. The molecule has 0 bridgehead atoms. The van der Waals surface area contributed by atoms with Gasteiger partial charge in [0.05, 0.1) is 0 Å². The van der Waals surface area contributed by atoms with E-state index in [4.69, 9.17) is 0 Å². The van der Waals surface area contributed by atoms with Crippen molar-refractivity contribution in [1.29, 1.82) is 0 Å². The van der Waals surface area contributed by atoms with Crippen LogP contribution in [0, 0.1) is 11.7 Å². The molecule has 134 valence electrons. The van der Waals surface area contributed by atoms with Crippen molar-refractivity contribution >= 4 is 11.8 Å². The Bertz CT molecular complexity index is 799. The third kappa shape index (κ3) is 3.34. The van der Waals surface area contributed by atoms with Gasteiger partial charge in [-0.05, 0) is 42.2 Å². The monoisotopic (exact) mass is 352 g/mol. The van der Waals surface area contributed by atoms with Crippen LogP contribution in [0.25, 0.3) is 0 Å². The van der Waals surface area contributed by atoms with Crippen LogP contribution in [0.15, 0.2) is 54.6 Å². The summed E-state index contributed by atoms with van der Waals surface area (Å²) < 4.78 is 13.0. The van der Waals surface area contributed by atoms with Crippen LogP contribution in [0.2, 0.25) is 0 Å². The number of rotatable bonds is 3. The number of carbonyl (C=O) groups is 2. The van der Waals surface area contributed by atoms with E-state index in [9.17, 15) is 14.0 Å². The van der Waals surface area contributed by atoms with Crippen LogP contribution in [0.4, 0.5) is 4.39 Å². The first kappa shape index (κ1) is 16.8. The highest BCUT2D eigenvalue weighted by molar-refractivity contribution is 5.94. The standard InChI is InChI=1S/C21H21FN2O2/c22-17-8-6-15(7-9-17)18-14-19(18)21(26)24-12-10-23(11-13-24)20(25)16-4-2-1-3-5-16/h1-9,18-19H,10-14H2. The highest BCUT2D eigenvalue weighted by atomic mass is 19.1. The van der Waals surface area contributed by atoms with Crippen molar-refractivity contribution in [3.05, 3.63) is 71.5 Å². The molecule has 0 N–H and O–H groups in total. The Labute approximate surface area is 152 Å². The molecule has 4 nitrogen and oxygen atoms in total. The Hall–Kier alpha value is -2.69. The maximum absolute atomic E-state index is 13.0. The van der Waals surface area contributed by atoms with E-state index >= 15 is 0 Å². The van der Waals surface area contributed by atoms with E-state index in [2.05, 4.69) is 0 Å². The van der Waals surface area contributed by atoms with E-state index in [1.165, 1.54) is 12.1 Å². The van der Waals surface area contributed by atoms with Gasteiger partial charge in [-0.3, -0.25) is 9.59 Å². The quantitative estimate of drug-likeness (QED) is 0.852. The van der Waals surface area contributed by atoms with Crippen molar-refractivity contribution in [3.8, 4) is 0 Å². The molecule has 1 saturated carbocycles. The Morgan fingerprint density at radius 1 is 0.846 bits per heavy atom. The SMILES string of the molecule is O=C(c1ccccc1)N1CCN(C(=O)C2CC2c2ccc(F)cc2)CC1. The summed E-state index contributed by atoms with van der Waals surface area (Å²) in [7, 11) is 0. The summed E-state index contributed by atoms with van der Waals surface area (Å²) in [6.07, 6.45) is 0.827. The van der Waals surface area contributed by atoms with Crippen LogP contribution in [-0.4, -0.2) is 47.8 Å². The fourth-order valence-electron chi connectivity index (χ4n) is 3.67. The first-order valence-electron chi connectivity index (χ1n) is 9.02. The highest BCUT2D eigenvalue weighted by Gasteiger charge is 2.46. The number of carbonyl (C=O) groups excluding carboxylic acids is 2. The van der Waals surface area contributed by atoms with Crippen LogP contribution in [0.5, 0.6) is 0 Å². The number of amides is 2. The zero-order chi connectivity index (χ0) is 18.1. The van der Waals surface area contributed by atoms with Gasteiger partial charge in [-0.15, -0.1) is 0 Å². The second kappa shape index (κ2) is 6.90. The summed E-state index contributed by atoms with van der Waals surface area (Å²) in [5, 5.41) is 0. The van der Waals surface area contributed by atoms with E-state index in [0.717, 1.165) is 12.0 Å². The first-order chi connectivity index (χ1) is 12.6. The lowest BCUT2D eigenvalue weighted by atomic mass is 10.1. The van der Waals surface area contributed by atoms with Crippen molar-refractivity contribution in [3.63, 3.8) is 0 Å². The lowest BCUT2D eigenvalue weighted by molar-refractivity contribution is -0.134. The Balaban J connectivity index is 1.32. The maximum atomic E-state index is 13.0. The lowest BCUT2D eigenvalue weighted by Crippen LogP contribution is -2.51. The van der Waals surface area contributed by atoms with Gasteiger partial charge in [-0.1, -0.05) is 30.3 Å². The van der Waals surface area contributed by atoms with Gasteiger partial charge in [0.1, 0.15) is 5.82 Å². The molecule has 4 rings (SSSR count). The first-order valence-corrected chi connectivity index (χ1v) is 9.02. The fourth-order valence-corrected chi connectivity index (χ4v) is 3.67. The smallest absolute Gasteiger partial charge is 0.253 e. The Morgan fingerprint density at radius 3 is 2.12 bits per heavy atom. The molecule has 2 amide bonds. The van der Waals surface area contributed by atoms with Gasteiger partial charge in [0.15, 0.2) is 0 Å². The molecule has 1 saturated heterocycles. The van der Waals surface area contributed by atoms with Crippen LogP contribution in [-0.2, 0) is 4.79 Å². The zero-order valence-electron chi connectivity index (χ0n) is 14.5. The zero-order valence-corrected chi connectivity index (χ0v) is 14.5. The number of halogens is 1. The molecule has 2 aromatic rings. The van der Waals surface area contributed by atoms with Gasteiger partial charge in [0.2, 0.25) is 5.91 Å². The average Bonchev–Trinajstić information content (AvgIpc) is 3.49. The largest absolute Gasteiger partial charge is 0.339 e. The van der Waals surface area contributed by atoms with Crippen LogP contribution in [0.3, 0.4) is 0 Å². The highest BCUT2D eigenvalue weighted by Crippen LogP contribution is 2.48. The van der Waals surface area contributed by atoms with Crippen molar-refractivity contribution in [2.24, 2.45) is 5.92 Å². The predicted octanol–water partition coefficient (Wildman–Crippen LogP) is 2.91. The van der Waals surface area contributed by atoms with Crippen molar-refractivity contribution in [2.45, 2.75) is 12.3 Å². The molecule has 5 heteroatoms. The van der Waals surface area contributed by atoms with Gasteiger partial charge < -0.3 is 9.80 Å². The Morgan fingerprint density at radius 2 is 1.46 bits per heavy atom. The van der Waals surface area contributed by atoms with E-state index in [-0.39, 0.29) is 29.5 Å². The number of piperazine rings is 1.